The van der Waals surface area contributed by atoms with Crippen LogP contribution in [0.1, 0.15) is 12.5 Å². The van der Waals surface area contributed by atoms with Crippen LogP contribution >= 0.6 is 34.4 Å². The molecule has 0 fully saturated rings. The van der Waals surface area contributed by atoms with Crippen molar-refractivity contribution in [2.75, 3.05) is 5.75 Å². The van der Waals surface area contributed by atoms with E-state index in [0.717, 1.165) is 15.8 Å². The molecule has 0 bridgehead atoms. The number of halogens is 4. The normalized spacial score (nSPS) is 12.0. The quantitative estimate of drug-likeness (QED) is 0.384. The van der Waals surface area contributed by atoms with E-state index in [1.54, 1.807) is 6.07 Å². The maximum atomic E-state index is 12.9. The SMILES string of the molecule is CCSc1cc(C(F)(F)F)cnc1-c1nc2cc(I)ccc2o1. The highest BCUT2D eigenvalue weighted by atomic mass is 127. The minimum atomic E-state index is -4.42. The molecular weight excluding hydrogens is 440 g/mol. The summed E-state index contributed by atoms with van der Waals surface area (Å²) in [6.45, 7) is 1.86. The van der Waals surface area contributed by atoms with Crippen molar-refractivity contribution in [3.63, 3.8) is 0 Å². The molecule has 3 nitrogen and oxygen atoms in total. The van der Waals surface area contributed by atoms with Crippen LogP contribution in [0.2, 0.25) is 0 Å². The van der Waals surface area contributed by atoms with Crippen molar-refractivity contribution in [2.45, 2.75) is 18.0 Å². The van der Waals surface area contributed by atoms with Gasteiger partial charge in [-0.1, -0.05) is 6.92 Å². The Bertz CT molecular complexity index is 864. The molecule has 8 heteroatoms. The molecule has 0 spiro atoms. The van der Waals surface area contributed by atoms with Crippen molar-refractivity contribution in [3.05, 3.63) is 39.6 Å². The predicted octanol–water partition coefficient (Wildman–Crippen LogP) is 5.63. The Kier molecular flexibility index (Phi) is 4.54. The van der Waals surface area contributed by atoms with Crippen LogP contribution in [0.4, 0.5) is 13.2 Å². The Hall–Kier alpha value is -1.29. The first kappa shape index (κ1) is 16.6. The zero-order chi connectivity index (χ0) is 16.6. The van der Waals surface area contributed by atoms with E-state index in [-0.39, 0.29) is 5.89 Å². The van der Waals surface area contributed by atoms with Crippen LogP contribution in [-0.2, 0) is 6.18 Å². The van der Waals surface area contributed by atoms with Gasteiger partial charge in [-0.25, -0.2) is 9.97 Å². The lowest BCUT2D eigenvalue weighted by Gasteiger charge is -2.10. The topological polar surface area (TPSA) is 38.9 Å². The second-order valence-corrected chi connectivity index (χ2v) is 7.18. The fraction of sp³-hybridized carbons (Fsp3) is 0.200. The summed E-state index contributed by atoms with van der Waals surface area (Å²) in [5, 5.41) is 0. The summed E-state index contributed by atoms with van der Waals surface area (Å²) in [6.07, 6.45) is -3.61. The lowest BCUT2D eigenvalue weighted by Crippen LogP contribution is -2.06. The number of benzene rings is 1. The van der Waals surface area contributed by atoms with Gasteiger partial charge in [-0.15, -0.1) is 11.8 Å². The van der Waals surface area contributed by atoms with Crippen molar-refractivity contribution in [1.82, 2.24) is 9.97 Å². The van der Waals surface area contributed by atoms with Crippen LogP contribution < -0.4 is 0 Å². The molecule has 3 rings (SSSR count). The monoisotopic (exact) mass is 450 g/mol. The van der Waals surface area contributed by atoms with Crippen LogP contribution in [0.25, 0.3) is 22.7 Å². The molecule has 0 N–H and O–H groups in total. The van der Waals surface area contributed by atoms with Gasteiger partial charge in [0, 0.05) is 14.7 Å². The molecule has 23 heavy (non-hydrogen) atoms. The van der Waals surface area contributed by atoms with E-state index in [9.17, 15) is 13.2 Å². The van der Waals surface area contributed by atoms with Gasteiger partial charge in [0.1, 0.15) is 11.2 Å². The Morgan fingerprint density at radius 2 is 2.04 bits per heavy atom. The number of nitrogens with zero attached hydrogens (tertiary/aromatic N) is 2. The smallest absolute Gasteiger partial charge is 0.417 e. The van der Waals surface area contributed by atoms with E-state index in [1.807, 2.05) is 19.1 Å². The number of rotatable bonds is 3. The van der Waals surface area contributed by atoms with Crippen LogP contribution in [0.15, 0.2) is 39.8 Å². The molecule has 3 aromatic rings. The van der Waals surface area contributed by atoms with Gasteiger partial charge in [0.05, 0.1) is 5.56 Å². The summed E-state index contributed by atoms with van der Waals surface area (Å²) in [5.74, 6) is 0.848. The van der Waals surface area contributed by atoms with E-state index in [4.69, 9.17) is 4.42 Å². The van der Waals surface area contributed by atoms with Crippen molar-refractivity contribution in [2.24, 2.45) is 0 Å². The minimum absolute atomic E-state index is 0.228. The number of fused-ring (bicyclic) bond motifs is 1. The number of hydrogen-bond acceptors (Lipinski definition) is 4. The van der Waals surface area contributed by atoms with Crippen molar-refractivity contribution < 1.29 is 17.6 Å². The average Bonchev–Trinajstić information content (AvgIpc) is 2.89. The predicted molar refractivity (Wildman–Crippen MR) is 91.4 cm³/mol. The first-order chi connectivity index (χ1) is 10.9. The number of thioether (sulfide) groups is 1. The van der Waals surface area contributed by atoms with Gasteiger partial charge in [-0.3, -0.25) is 0 Å². The van der Waals surface area contributed by atoms with Crippen molar-refractivity contribution >= 4 is 45.5 Å². The third-order valence-corrected chi connectivity index (χ3v) is 4.61. The highest BCUT2D eigenvalue weighted by Crippen LogP contribution is 2.36. The van der Waals surface area contributed by atoms with Gasteiger partial charge in [-0.2, -0.15) is 13.2 Å². The molecule has 0 saturated heterocycles. The molecule has 0 amide bonds. The standard InChI is InChI=1S/C15H10F3IN2OS/c1-2-23-12-5-8(15(16,17)18)7-20-13(12)14-21-10-6-9(19)3-4-11(10)22-14/h3-7H,2H2,1H3. The van der Waals surface area contributed by atoms with Gasteiger partial charge in [0.25, 0.3) is 0 Å². The molecule has 0 aliphatic carbocycles. The summed E-state index contributed by atoms with van der Waals surface area (Å²) in [4.78, 5) is 8.71. The fourth-order valence-corrected chi connectivity index (χ4v) is 3.30. The maximum Gasteiger partial charge on any atom is 0.417 e. The van der Waals surface area contributed by atoms with Crippen molar-refractivity contribution in [3.8, 4) is 11.6 Å². The van der Waals surface area contributed by atoms with Crippen LogP contribution in [-0.4, -0.2) is 15.7 Å². The van der Waals surface area contributed by atoms with Gasteiger partial charge in [-0.05, 0) is 52.6 Å². The summed E-state index contributed by atoms with van der Waals surface area (Å²) in [5.41, 5.74) is 0.787. The molecule has 0 aliphatic heterocycles. The number of oxazole rings is 1. The fourth-order valence-electron chi connectivity index (χ4n) is 2.03. The van der Waals surface area contributed by atoms with E-state index in [2.05, 4.69) is 32.6 Å². The number of aromatic nitrogens is 2. The Labute approximate surface area is 147 Å². The Morgan fingerprint density at radius 3 is 2.74 bits per heavy atom. The van der Waals surface area contributed by atoms with Gasteiger partial charge in [0.15, 0.2) is 5.58 Å². The van der Waals surface area contributed by atoms with Crippen LogP contribution in [0.3, 0.4) is 0 Å². The molecule has 0 unspecified atom stereocenters. The maximum absolute atomic E-state index is 12.9. The summed E-state index contributed by atoms with van der Waals surface area (Å²) >= 11 is 3.43. The second-order valence-electron chi connectivity index (χ2n) is 4.63. The van der Waals surface area contributed by atoms with E-state index in [0.29, 0.717) is 27.4 Å². The Balaban J connectivity index is 2.12. The average molecular weight is 450 g/mol. The van der Waals surface area contributed by atoms with Crippen LogP contribution in [0, 0.1) is 3.57 Å². The molecule has 1 aromatic carbocycles. The molecule has 2 heterocycles. The zero-order valence-electron chi connectivity index (χ0n) is 11.8. The molecule has 0 saturated carbocycles. The molecule has 120 valence electrons. The lowest BCUT2D eigenvalue weighted by molar-refractivity contribution is -0.138. The highest BCUT2D eigenvalue weighted by Gasteiger charge is 2.32. The molecule has 0 atom stereocenters. The Morgan fingerprint density at radius 1 is 1.26 bits per heavy atom. The highest BCUT2D eigenvalue weighted by molar-refractivity contribution is 14.1. The van der Waals surface area contributed by atoms with Crippen molar-refractivity contribution in [1.29, 1.82) is 0 Å². The summed E-state index contributed by atoms with van der Waals surface area (Å²) in [7, 11) is 0. The minimum Gasteiger partial charge on any atom is -0.435 e. The summed E-state index contributed by atoms with van der Waals surface area (Å²) < 4.78 is 45.2. The van der Waals surface area contributed by atoms with E-state index >= 15 is 0 Å². The number of alkyl halides is 3. The molecule has 0 radical (unpaired) electrons. The van der Waals surface area contributed by atoms with Gasteiger partial charge in [0.2, 0.25) is 5.89 Å². The third-order valence-electron chi connectivity index (χ3n) is 3.03. The number of hydrogen-bond donors (Lipinski definition) is 0. The molecule has 0 aliphatic rings. The van der Waals surface area contributed by atoms with Gasteiger partial charge < -0.3 is 4.42 Å². The second kappa shape index (κ2) is 6.31. The van der Waals surface area contributed by atoms with Gasteiger partial charge >= 0.3 is 6.18 Å². The molecule has 2 aromatic heterocycles. The third kappa shape index (κ3) is 3.47. The lowest BCUT2D eigenvalue weighted by atomic mass is 10.2. The largest absolute Gasteiger partial charge is 0.435 e. The summed E-state index contributed by atoms with van der Waals surface area (Å²) in [6, 6.07) is 6.60. The van der Waals surface area contributed by atoms with Crippen LogP contribution in [0.5, 0.6) is 0 Å². The van der Waals surface area contributed by atoms with E-state index < -0.39 is 11.7 Å². The van der Waals surface area contributed by atoms with E-state index in [1.165, 1.54) is 11.8 Å². The number of pyridine rings is 1. The molecular formula is C15H10F3IN2OS. The first-order valence-corrected chi connectivity index (χ1v) is 8.71. The zero-order valence-corrected chi connectivity index (χ0v) is 14.8. The first-order valence-electron chi connectivity index (χ1n) is 6.65.